The van der Waals surface area contributed by atoms with Crippen LogP contribution in [0.2, 0.25) is 0 Å². The normalized spacial score (nSPS) is 14.9. The summed E-state index contributed by atoms with van der Waals surface area (Å²) in [5, 5.41) is 0. The van der Waals surface area contributed by atoms with Gasteiger partial charge >= 0.3 is 0 Å². The molecule has 5 nitrogen and oxygen atoms in total. The summed E-state index contributed by atoms with van der Waals surface area (Å²) in [6.07, 6.45) is 6.11. The van der Waals surface area contributed by atoms with Crippen molar-refractivity contribution >= 4 is 23.6 Å². The standard InChI is InChI=1S/C28H35FN2O3S/c1-4-17-34-24-10-7-9-23(19-24)28(33)31-15-12-21(13-16-31)26(30(2)27(32)14-18-35-3)20-22-8-5-6-11-25(22)29/h4-11,19,21,26H,1,12-18,20H2,2-3H3. The summed E-state index contributed by atoms with van der Waals surface area (Å²) >= 11 is 1.64. The van der Waals surface area contributed by atoms with Gasteiger partial charge in [-0.1, -0.05) is 36.9 Å². The molecule has 0 saturated carbocycles. The van der Waals surface area contributed by atoms with E-state index in [2.05, 4.69) is 6.58 Å². The lowest BCUT2D eigenvalue weighted by atomic mass is 9.84. The molecule has 1 aliphatic heterocycles. The Morgan fingerprint density at radius 2 is 1.97 bits per heavy atom. The van der Waals surface area contributed by atoms with Crippen LogP contribution in [0, 0.1) is 11.7 Å². The van der Waals surface area contributed by atoms with Gasteiger partial charge in [-0.05, 0) is 61.3 Å². The summed E-state index contributed by atoms with van der Waals surface area (Å²) in [6, 6.07) is 13.9. The zero-order valence-electron chi connectivity index (χ0n) is 20.6. The number of carbonyl (C=O) groups is 2. The van der Waals surface area contributed by atoms with E-state index in [0.29, 0.717) is 49.4 Å². The molecule has 1 aliphatic rings. The molecule has 0 N–H and O–H groups in total. The topological polar surface area (TPSA) is 49.9 Å². The molecule has 1 heterocycles. The van der Waals surface area contributed by atoms with Crippen molar-refractivity contribution in [2.75, 3.05) is 38.8 Å². The van der Waals surface area contributed by atoms with Crippen LogP contribution in [0.15, 0.2) is 61.2 Å². The van der Waals surface area contributed by atoms with E-state index in [0.717, 1.165) is 18.6 Å². The molecule has 2 aromatic carbocycles. The maximum atomic E-state index is 14.5. The van der Waals surface area contributed by atoms with Crippen LogP contribution < -0.4 is 4.74 Å². The predicted octanol–water partition coefficient (Wildman–Crippen LogP) is 5.07. The number of carbonyl (C=O) groups excluding carboxylic acids is 2. The summed E-state index contributed by atoms with van der Waals surface area (Å²) in [5.41, 5.74) is 1.22. The first-order valence-corrected chi connectivity index (χ1v) is 13.4. The fourth-order valence-corrected chi connectivity index (χ4v) is 4.98. The first-order valence-electron chi connectivity index (χ1n) is 12.1. The fraction of sp³-hybridized carbons (Fsp3) is 0.429. The highest BCUT2D eigenvalue weighted by Gasteiger charge is 2.33. The van der Waals surface area contributed by atoms with E-state index < -0.39 is 0 Å². The summed E-state index contributed by atoms with van der Waals surface area (Å²) in [7, 11) is 1.83. The van der Waals surface area contributed by atoms with Crippen molar-refractivity contribution in [2.24, 2.45) is 5.92 Å². The number of piperidine rings is 1. The number of hydrogen-bond donors (Lipinski definition) is 0. The third kappa shape index (κ3) is 7.34. The lowest BCUT2D eigenvalue weighted by molar-refractivity contribution is -0.133. The molecule has 7 heteroatoms. The van der Waals surface area contributed by atoms with Crippen LogP contribution in [0.3, 0.4) is 0 Å². The third-order valence-corrected chi connectivity index (χ3v) is 7.23. The first-order chi connectivity index (χ1) is 16.9. The maximum absolute atomic E-state index is 14.5. The molecule has 1 fully saturated rings. The van der Waals surface area contributed by atoms with E-state index in [1.165, 1.54) is 6.07 Å². The second kappa shape index (κ2) is 13.3. The van der Waals surface area contributed by atoms with Gasteiger partial charge in [0, 0.05) is 43.9 Å². The van der Waals surface area contributed by atoms with Crippen molar-refractivity contribution in [1.82, 2.24) is 9.80 Å². The highest BCUT2D eigenvalue weighted by atomic mass is 32.2. The highest BCUT2D eigenvalue weighted by Crippen LogP contribution is 2.28. The minimum atomic E-state index is -0.242. The fourth-order valence-electron chi connectivity index (χ4n) is 4.60. The number of hydrogen-bond acceptors (Lipinski definition) is 4. The van der Waals surface area contributed by atoms with E-state index in [1.54, 1.807) is 42.1 Å². The predicted molar refractivity (Wildman–Crippen MR) is 140 cm³/mol. The minimum Gasteiger partial charge on any atom is -0.490 e. The van der Waals surface area contributed by atoms with E-state index in [-0.39, 0.29) is 29.6 Å². The van der Waals surface area contributed by atoms with Crippen molar-refractivity contribution in [3.8, 4) is 5.75 Å². The average molecular weight is 499 g/mol. The molecule has 0 aliphatic carbocycles. The smallest absolute Gasteiger partial charge is 0.253 e. The van der Waals surface area contributed by atoms with Gasteiger partial charge in [-0.2, -0.15) is 11.8 Å². The zero-order valence-corrected chi connectivity index (χ0v) is 21.4. The number of ether oxygens (including phenoxy) is 1. The van der Waals surface area contributed by atoms with Crippen molar-refractivity contribution in [1.29, 1.82) is 0 Å². The monoisotopic (exact) mass is 498 g/mol. The molecule has 0 spiro atoms. The van der Waals surface area contributed by atoms with Gasteiger partial charge in [0.1, 0.15) is 18.2 Å². The van der Waals surface area contributed by atoms with Gasteiger partial charge < -0.3 is 14.5 Å². The summed E-state index contributed by atoms with van der Waals surface area (Å²) in [6.45, 7) is 5.23. The molecular weight excluding hydrogens is 463 g/mol. The lowest BCUT2D eigenvalue weighted by Gasteiger charge is -2.40. The molecule has 0 aromatic heterocycles. The van der Waals surface area contributed by atoms with Crippen molar-refractivity contribution < 1.29 is 18.7 Å². The second-order valence-corrected chi connectivity index (χ2v) is 9.85. The molecule has 188 valence electrons. The van der Waals surface area contributed by atoms with E-state index in [9.17, 15) is 14.0 Å². The molecule has 2 aromatic rings. The minimum absolute atomic E-state index is 0.0254. The molecule has 1 atom stereocenters. The first kappa shape index (κ1) is 26.8. The van der Waals surface area contributed by atoms with Gasteiger partial charge in [0.2, 0.25) is 5.91 Å². The number of amides is 2. The van der Waals surface area contributed by atoms with Gasteiger partial charge in [0.15, 0.2) is 0 Å². The molecule has 0 radical (unpaired) electrons. The quantitative estimate of drug-likeness (QED) is 0.406. The van der Waals surface area contributed by atoms with Crippen LogP contribution in [0.4, 0.5) is 4.39 Å². The number of likely N-dealkylation sites (N-methyl/N-ethyl adjacent to an activating group) is 1. The number of rotatable bonds is 11. The number of thioether (sulfide) groups is 1. The Kier molecular flexibility index (Phi) is 10.2. The molecule has 35 heavy (non-hydrogen) atoms. The number of halogens is 1. The van der Waals surface area contributed by atoms with Gasteiger partial charge in [-0.3, -0.25) is 9.59 Å². The van der Waals surface area contributed by atoms with Crippen LogP contribution in [0.5, 0.6) is 5.75 Å². The Labute approximate surface area is 212 Å². The second-order valence-electron chi connectivity index (χ2n) is 8.87. The molecule has 2 amide bonds. The Morgan fingerprint density at radius 1 is 1.23 bits per heavy atom. The molecule has 1 saturated heterocycles. The van der Waals surface area contributed by atoms with Gasteiger partial charge in [0.05, 0.1) is 0 Å². The van der Waals surface area contributed by atoms with Crippen molar-refractivity contribution in [2.45, 2.75) is 31.7 Å². The van der Waals surface area contributed by atoms with Crippen LogP contribution in [0.1, 0.15) is 35.2 Å². The van der Waals surface area contributed by atoms with Crippen LogP contribution in [0.25, 0.3) is 0 Å². The van der Waals surface area contributed by atoms with Crippen LogP contribution in [-0.4, -0.2) is 66.4 Å². The Bertz CT molecular complexity index is 1010. The van der Waals surface area contributed by atoms with E-state index >= 15 is 0 Å². The number of nitrogens with zero attached hydrogens (tertiary/aromatic N) is 2. The summed E-state index contributed by atoms with van der Waals surface area (Å²) in [4.78, 5) is 29.7. The van der Waals surface area contributed by atoms with E-state index in [4.69, 9.17) is 4.74 Å². The summed E-state index contributed by atoms with van der Waals surface area (Å²) in [5.74, 6) is 1.40. The van der Waals surface area contributed by atoms with E-state index in [1.807, 2.05) is 41.3 Å². The third-order valence-electron chi connectivity index (χ3n) is 6.62. The molecule has 1 unspecified atom stereocenters. The largest absolute Gasteiger partial charge is 0.490 e. The van der Waals surface area contributed by atoms with Gasteiger partial charge in [0.25, 0.3) is 5.91 Å². The van der Waals surface area contributed by atoms with Crippen molar-refractivity contribution in [3.63, 3.8) is 0 Å². The lowest BCUT2D eigenvalue weighted by Crippen LogP contribution is -2.48. The van der Waals surface area contributed by atoms with Gasteiger partial charge in [-0.15, -0.1) is 0 Å². The van der Waals surface area contributed by atoms with Crippen molar-refractivity contribution in [3.05, 3.63) is 78.1 Å². The highest BCUT2D eigenvalue weighted by molar-refractivity contribution is 7.98. The zero-order chi connectivity index (χ0) is 25.2. The number of likely N-dealkylation sites (tertiary alicyclic amines) is 1. The summed E-state index contributed by atoms with van der Waals surface area (Å²) < 4.78 is 20.0. The average Bonchev–Trinajstić information content (AvgIpc) is 2.89. The SMILES string of the molecule is C=CCOc1cccc(C(=O)N2CCC(C(Cc3ccccc3F)N(C)C(=O)CCSC)CC2)c1. The molecule has 0 bridgehead atoms. The molecular formula is C28H35FN2O3S. The van der Waals surface area contributed by atoms with Crippen LogP contribution >= 0.6 is 11.8 Å². The van der Waals surface area contributed by atoms with Gasteiger partial charge in [-0.25, -0.2) is 4.39 Å². The Morgan fingerprint density at radius 3 is 2.66 bits per heavy atom. The Balaban J connectivity index is 1.69. The Hall–Kier alpha value is -2.80. The maximum Gasteiger partial charge on any atom is 0.253 e. The molecule has 3 rings (SSSR count). The van der Waals surface area contributed by atoms with Crippen LogP contribution in [-0.2, 0) is 11.2 Å². The number of benzene rings is 2.